The fourth-order valence-corrected chi connectivity index (χ4v) is 3.49. The number of thiophene rings is 1. The molecule has 1 amide bonds. The molecule has 0 aromatic carbocycles. The Morgan fingerprint density at radius 1 is 1.58 bits per heavy atom. The number of carbonyl (C=O) groups excluding carboxylic acids is 1. The van der Waals surface area contributed by atoms with Crippen molar-refractivity contribution >= 4 is 22.2 Å². The van der Waals surface area contributed by atoms with E-state index in [9.17, 15) is 10.1 Å². The summed E-state index contributed by atoms with van der Waals surface area (Å²) >= 11 is 1.53. The van der Waals surface area contributed by atoms with E-state index in [4.69, 9.17) is 0 Å². The zero-order valence-corrected chi connectivity index (χ0v) is 12.3. The van der Waals surface area contributed by atoms with Gasteiger partial charge in [-0.3, -0.25) is 4.79 Å². The molecule has 1 aromatic heterocycles. The van der Waals surface area contributed by atoms with E-state index in [-0.39, 0.29) is 5.91 Å². The maximum absolute atomic E-state index is 11.8. The number of hydrogen-bond acceptors (Lipinski definition) is 5. The number of amides is 1. The molecule has 5 nitrogen and oxygen atoms in total. The van der Waals surface area contributed by atoms with Gasteiger partial charge in [0.25, 0.3) is 0 Å². The number of nitriles is 1. The summed E-state index contributed by atoms with van der Waals surface area (Å²) in [4.78, 5) is 17.0. The molecule has 1 aliphatic heterocycles. The molecule has 0 fully saturated rings. The van der Waals surface area contributed by atoms with Crippen LogP contribution in [-0.4, -0.2) is 49.9 Å². The van der Waals surface area contributed by atoms with Crippen molar-refractivity contribution in [2.45, 2.75) is 13.0 Å². The monoisotopic (exact) mass is 278 g/mol. The Morgan fingerprint density at radius 2 is 2.32 bits per heavy atom. The summed E-state index contributed by atoms with van der Waals surface area (Å²) in [6.07, 6.45) is 0.884. The van der Waals surface area contributed by atoms with Crippen molar-refractivity contribution in [2.24, 2.45) is 0 Å². The van der Waals surface area contributed by atoms with Crippen LogP contribution in [0.5, 0.6) is 0 Å². The lowest BCUT2D eigenvalue weighted by Crippen LogP contribution is -2.27. The quantitative estimate of drug-likeness (QED) is 0.900. The molecule has 0 aliphatic carbocycles. The number of rotatable bonds is 3. The van der Waals surface area contributed by atoms with Crippen molar-refractivity contribution in [3.8, 4) is 6.07 Å². The summed E-state index contributed by atoms with van der Waals surface area (Å²) in [6.45, 7) is 2.15. The predicted molar refractivity (Wildman–Crippen MR) is 76.3 cm³/mol. The summed E-state index contributed by atoms with van der Waals surface area (Å²) in [5.74, 6) is -0.0755. The maximum Gasteiger partial charge on any atom is 0.239 e. The normalized spacial score (nSPS) is 15.1. The van der Waals surface area contributed by atoms with E-state index in [0.717, 1.165) is 25.1 Å². The Labute approximate surface area is 117 Å². The van der Waals surface area contributed by atoms with E-state index in [1.165, 1.54) is 16.2 Å². The van der Waals surface area contributed by atoms with Gasteiger partial charge in [0.1, 0.15) is 11.1 Å². The van der Waals surface area contributed by atoms with Crippen LogP contribution in [0.3, 0.4) is 0 Å². The first-order valence-corrected chi connectivity index (χ1v) is 7.00. The van der Waals surface area contributed by atoms with Crippen LogP contribution in [0.4, 0.5) is 5.00 Å². The number of hydrogen-bond donors (Lipinski definition) is 1. The first-order valence-electron chi connectivity index (χ1n) is 6.19. The van der Waals surface area contributed by atoms with Crippen LogP contribution in [0.1, 0.15) is 16.0 Å². The van der Waals surface area contributed by atoms with Gasteiger partial charge < -0.3 is 15.1 Å². The second kappa shape index (κ2) is 5.70. The van der Waals surface area contributed by atoms with Crippen LogP contribution in [0.2, 0.25) is 0 Å². The number of fused-ring (bicyclic) bond motifs is 1. The third-order valence-electron chi connectivity index (χ3n) is 3.07. The smallest absolute Gasteiger partial charge is 0.239 e. The molecular formula is C13H18N4OS. The standard InChI is InChI=1S/C13H18N4OS/c1-16(2)8-12(18)15-13-10(6-14)9-4-5-17(3)7-11(9)19-13/h4-5,7-8H2,1-3H3,(H,15,18). The van der Waals surface area contributed by atoms with Crippen molar-refractivity contribution in [3.05, 3.63) is 16.0 Å². The van der Waals surface area contributed by atoms with Crippen LogP contribution in [0.15, 0.2) is 0 Å². The topological polar surface area (TPSA) is 59.4 Å². The Balaban J connectivity index is 2.22. The molecule has 0 atom stereocenters. The van der Waals surface area contributed by atoms with Crippen molar-refractivity contribution in [3.63, 3.8) is 0 Å². The predicted octanol–water partition coefficient (Wildman–Crippen LogP) is 1.11. The fourth-order valence-electron chi connectivity index (χ4n) is 2.19. The third kappa shape index (κ3) is 3.13. The van der Waals surface area contributed by atoms with Crippen LogP contribution in [0.25, 0.3) is 0 Å². The molecule has 2 rings (SSSR count). The zero-order chi connectivity index (χ0) is 14.0. The minimum absolute atomic E-state index is 0.0755. The highest BCUT2D eigenvalue weighted by atomic mass is 32.1. The van der Waals surface area contributed by atoms with E-state index in [1.807, 2.05) is 19.0 Å². The first-order chi connectivity index (χ1) is 9.01. The van der Waals surface area contributed by atoms with Gasteiger partial charge in [-0.15, -0.1) is 11.3 Å². The Morgan fingerprint density at radius 3 is 2.95 bits per heavy atom. The lowest BCUT2D eigenvalue weighted by molar-refractivity contribution is -0.116. The third-order valence-corrected chi connectivity index (χ3v) is 4.20. The molecule has 1 aliphatic rings. The van der Waals surface area contributed by atoms with Gasteiger partial charge in [0.15, 0.2) is 0 Å². The molecule has 2 heterocycles. The van der Waals surface area contributed by atoms with Crippen molar-refractivity contribution in [2.75, 3.05) is 39.5 Å². The Hall–Kier alpha value is -1.42. The summed E-state index contributed by atoms with van der Waals surface area (Å²) in [7, 11) is 5.76. The first kappa shape index (κ1) is 14.0. The van der Waals surface area contributed by atoms with E-state index in [0.29, 0.717) is 17.1 Å². The molecule has 1 aromatic rings. The number of likely N-dealkylation sites (N-methyl/N-ethyl adjacent to an activating group) is 2. The highest BCUT2D eigenvalue weighted by Gasteiger charge is 2.23. The lowest BCUT2D eigenvalue weighted by Gasteiger charge is -2.21. The average Bonchev–Trinajstić information content (AvgIpc) is 2.63. The van der Waals surface area contributed by atoms with Gasteiger partial charge >= 0.3 is 0 Å². The molecule has 102 valence electrons. The van der Waals surface area contributed by atoms with Crippen LogP contribution in [0, 0.1) is 11.3 Å². The largest absolute Gasteiger partial charge is 0.315 e. The van der Waals surface area contributed by atoms with Crippen molar-refractivity contribution in [1.82, 2.24) is 9.80 Å². The van der Waals surface area contributed by atoms with Crippen LogP contribution >= 0.6 is 11.3 Å². The van der Waals surface area contributed by atoms with Gasteiger partial charge in [0.05, 0.1) is 12.1 Å². The average molecular weight is 278 g/mol. The second-order valence-corrected chi connectivity index (χ2v) is 6.20. The summed E-state index contributed by atoms with van der Waals surface area (Å²) in [5, 5.41) is 12.9. The summed E-state index contributed by atoms with van der Waals surface area (Å²) in [6, 6.07) is 2.24. The second-order valence-electron chi connectivity index (χ2n) is 5.09. The van der Waals surface area contributed by atoms with E-state index in [1.54, 1.807) is 0 Å². The number of carbonyl (C=O) groups is 1. The number of nitrogens with one attached hydrogen (secondary N) is 1. The van der Waals surface area contributed by atoms with E-state index >= 15 is 0 Å². The molecule has 1 N–H and O–H groups in total. The van der Waals surface area contributed by atoms with Gasteiger partial charge in [0.2, 0.25) is 5.91 Å². The Kier molecular flexibility index (Phi) is 4.20. The van der Waals surface area contributed by atoms with Gasteiger partial charge in [-0.25, -0.2) is 0 Å². The molecular weight excluding hydrogens is 260 g/mol. The minimum atomic E-state index is -0.0755. The molecule has 0 spiro atoms. The van der Waals surface area contributed by atoms with Crippen molar-refractivity contribution in [1.29, 1.82) is 5.26 Å². The highest BCUT2D eigenvalue weighted by molar-refractivity contribution is 7.16. The lowest BCUT2D eigenvalue weighted by atomic mass is 10.0. The molecule has 6 heteroatoms. The van der Waals surface area contributed by atoms with Crippen LogP contribution in [-0.2, 0) is 17.8 Å². The van der Waals surface area contributed by atoms with Gasteiger partial charge in [0, 0.05) is 18.0 Å². The number of anilines is 1. The molecule has 0 radical (unpaired) electrons. The van der Waals surface area contributed by atoms with E-state index < -0.39 is 0 Å². The maximum atomic E-state index is 11.8. The summed E-state index contributed by atoms with van der Waals surface area (Å²) in [5.41, 5.74) is 1.77. The van der Waals surface area contributed by atoms with Gasteiger partial charge in [-0.2, -0.15) is 5.26 Å². The molecule has 19 heavy (non-hydrogen) atoms. The molecule has 0 saturated heterocycles. The Bertz CT molecular complexity index is 529. The minimum Gasteiger partial charge on any atom is -0.315 e. The summed E-state index contributed by atoms with van der Waals surface area (Å²) < 4.78 is 0. The van der Waals surface area contributed by atoms with Crippen LogP contribution < -0.4 is 5.32 Å². The number of nitrogens with zero attached hydrogens (tertiary/aromatic N) is 3. The van der Waals surface area contributed by atoms with E-state index in [2.05, 4.69) is 23.3 Å². The highest BCUT2D eigenvalue weighted by Crippen LogP contribution is 2.36. The molecule has 0 saturated carbocycles. The SMILES string of the molecule is CN(C)CC(=O)Nc1sc2c(c1C#N)CCN(C)C2. The molecule has 0 unspecified atom stereocenters. The van der Waals surface area contributed by atoms with Gasteiger partial charge in [-0.1, -0.05) is 0 Å². The molecule has 0 bridgehead atoms. The van der Waals surface area contributed by atoms with Gasteiger partial charge in [-0.05, 0) is 33.1 Å². The zero-order valence-electron chi connectivity index (χ0n) is 11.5. The fraction of sp³-hybridized carbons (Fsp3) is 0.538. The van der Waals surface area contributed by atoms with Crippen molar-refractivity contribution < 1.29 is 4.79 Å².